The smallest absolute Gasteiger partial charge is 0.255 e. The first-order valence-corrected chi connectivity index (χ1v) is 9.65. The van der Waals surface area contributed by atoms with E-state index in [1.54, 1.807) is 32.4 Å². The Morgan fingerprint density at radius 2 is 1.77 bits per heavy atom. The summed E-state index contributed by atoms with van der Waals surface area (Å²) in [6.45, 7) is 1.95. The predicted molar refractivity (Wildman–Crippen MR) is 119 cm³/mol. The van der Waals surface area contributed by atoms with E-state index in [2.05, 4.69) is 15.3 Å². The van der Waals surface area contributed by atoms with Gasteiger partial charge in [0.05, 0.1) is 25.3 Å². The Morgan fingerprint density at radius 1 is 1.03 bits per heavy atom. The van der Waals surface area contributed by atoms with E-state index in [-0.39, 0.29) is 5.91 Å². The van der Waals surface area contributed by atoms with Crippen LogP contribution in [0.5, 0.6) is 11.5 Å². The van der Waals surface area contributed by atoms with Crippen LogP contribution in [0.4, 0.5) is 5.69 Å². The summed E-state index contributed by atoms with van der Waals surface area (Å²) in [4.78, 5) is 20.7. The molecule has 0 unspecified atom stereocenters. The normalized spacial score (nSPS) is 10.8. The third-order valence-corrected chi connectivity index (χ3v) is 5.18. The molecule has 0 aliphatic heterocycles. The highest BCUT2D eigenvalue weighted by atomic mass is 35.5. The number of rotatable bonds is 5. The second kappa shape index (κ2) is 8.08. The van der Waals surface area contributed by atoms with E-state index in [0.29, 0.717) is 33.6 Å². The second-order valence-corrected chi connectivity index (χ2v) is 7.25. The molecule has 1 aromatic heterocycles. The number of methoxy groups -OCH3 is 2. The van der Waals surface area contributed by atoms with E-state index in [9.17, 15) is 4.79 Å². The summed E-state index contributed by atoms with van der Waals surface area (Å²) in [5.74, 6) is 1.52. The molecule has 0 saturated heterocycles. The predicted octanol–water partition coefficient (Wildman–Crippen LogP) is 5.46. The van der Waals surface area contributed by atoms with Crippen LogP contribution in [-0.4, -0.2) is 30.1 Å². The van der Waals surface area contributed by atoms with Gasteiger partial charge in [0.25, 0.3) is 5.91 Å². The number of nitrogens with one attached hydrogen (secondary N) is 2. The fraction of sp³-hybridized carbons (Fsp3) is 0.130. The third-order valence-electron chi connectivity index (χ3n) is 4.77. The van der Waals surface area contributed by atoms with Gasteiger partial charge in [-0.3, -0.25) is 4.79 Å². The Labute approximate surface area is 178 Å². The molecule has 0 saturated carbocycles. The monoisotopic (exact) mass is 421 g/mol. The number of aryl methyl sites for hydroxylation is 1. The van der Waals surface area contributed by atoms with Crippen molar-refractivity contribution >= 4 is 34.2 Å². The van der Waals surface area contributed by atoms with Crippen LogP contribution >= 0.6 is 11.6 Å². The number of ether oxygens (including phenoxy) is 2. The first-order chi connectivity index (χ1) is 14.5. The van der Waals surface area contributed by atoms with Crippen LogP contribution in [0.3, 0.4) is 0 Å². The number of nitrogens with zero attached hydrogens (tertiary/aromatic N) is 1. The number of halogens is 1. The van der Waals surface area contributed by atoms with Crippen LogP contribution in [0, 0.1) is 6.92 Å². The molecule has 0 aliphatic rings. The summed E-state index contributed by atoms with van der Waals surface area (Å²) >= 11 is 6.21. The molecule has 0 bridgehead atoms. The van der Waals surface area contributed by atoms with E-state index in [1.807, 2.05) is 43.3 Å². The van der Waals surface area contributed by atoms with Crippen molar-refractivity contribution in [3.63, 3.8) is 0 Å². The molecule has 6 nitrogen and oxygen atoms in total. The molecule has 152 valence electrons. The Morgan fingerprint density at radius 3 is 2.47 bits per heavy atom. The summed E-state index contributed by atoms with van der Waals surface area (Å²) in [6.07, 6.45) is 0. The molecular weight excluding hydrogens is 402 g/mol. The summed E-state index contributed by atoms with van der Waals surface area (Å²) in [7, 11) is 3.09. The lowest BCUT2D eigenvalue weighted by Crippen LogP contribution is -2.12. The van der Waals surface area contributed by atoms with Gasteiger partial charge in [0.1, 0.15) is 17.3 Å². The van der Waals surface area contributed by atoms with Crippen LogP contribution < -0.4 is 14.8 Å². The fourth-order valence-electron chi connectivity index (χ4n) is 3.16. The van der Waals surface area contributed by atoms with Crippen LogP contribution in [0.15, 0.2) is 54.6 Å². The number of amides is 1. The Kier molecular flexibility index (Phi) is 5.33. The maximum absolute atomic E-state index is 12.8. The summed E-state index contributed by atoms with van der Waals surface area (Å²) in [6, 6.07) is 16.3. The zero-order valence-corrected chi connectivity index (χ0v) is 17.5. The maximum Gasteiger partial charge on any atom is 0.255 e. The molecule has 0 radical (unpaired) electrons. The number of hydrogen-bond donors (Lipinski definition) is 2. The van der Waals surface area contributed by atoms with Crippen LogP contribution in [0.25, 0.3) is 22.4 Å². The van der Waals surface area contributed by atoms with E-state index < -0.39 is 0 Å². The minimum atomic E-state index is -0.267. The number of hydrogen-bond acceptors (Lipinski definition) is 4. The fourth-order valence-corrected chi connectivity index (χ4v) is 3.32. The van der Waals surface area contributed by atoms with Gasteiger partial charge in [0, 0.05) is 27.9 Å². The van der Waals surface area contributed by atoms with Crippen molar-refractivity contribution in [3.8, 4) is 22.9 Å². The van der Waals surface area contributed by atoms with Gasteiger partial charge in [0.2, 0.25) is 0 Å². The van der Waals surface area contributed by atoms with Crippen molar-refractivity contribution in [1.82, 2.24) is 9.97 Å². The molecule has 1 heterocycles. The highest BCUT2D eigenvalue weighted by Crippen LogP contribution is 2.27. The van der Waals surface area contributed by atoms with Gasteiger partial charge < -0.3 is 19.8 Å². The largest absolute Gasteiger partial charge is 0.497 e. The lowest BCUT2D eigenvalue weighted by atomic mass is 10.1. The minimum absolute atomic E-state index is 0.267. The first kappa shape index (κ1) is 19.8. The highest BCUT2D eigenvalue weighted by Gasteiger charge is 2.12. The standard InChI is InChI=1S/C23H20ClN3O3/c1-13-7-20-21(12-19(13)24)27-22(26-20)14-5-4-6-16(8-14)25-23(28)15-9-17(29-2)11-18(10-15)30-3/h4-12H,1-3H3,(H,25,28)(H,26,27). The minimum Gasteiger partial charge on any atom is -0.497 e. The summed E-state index contributed by atoms with van der Waals surface area (Å²) in [5, 5.41) is 3.59. The van der Waals surface area contributed by atoms with Gasteiger partial charge in [-0.15, -0.1) is 0 Å². The number of carbonyl (C=O) groups is 1. The molecule has 3 aromatic carbocycles. The Bertz CT molecular complexity index is 1190. The average Bonchev–Trinajstić information content (AvgIpc) is 3.16. The van der Waals surface area contributed by atoms with E-state index in [0.717, 1.165) is 22.2 Å². The van der Waals surface area contributed by atoms with Crippen molar-refractivity contribution in [1.29, 1.82) is 0 Å². The van der Waals surface area contributed by atoms with Gasteiger partial charge in [-0.05, 0) is 48.9 Å². The molecular formula is C23H20ClN3O3. The molecule has 4 aromatic rings. The van der Waals surface area contributed by atoms with Gasteiger partial charge >= 0.3 is 0 Å². The Hall–Kier alpha value is -3.51. The van der Waals surface area contributed by atoms with Crippen LogP contribution in [-0.2, 0) is 0 Å². The summed E-state index contributed by atoms with van der Waals surface area (Å²) in [5.41, 5.74) is 4.61. The number of aromatic amines is 1. The molecule has 2 N–H and O–H groups in total. The molecule has 0 atom stereocenters. The Balaban J connectivity index is 1.62. The van der Waals surface area contributed by atoms with Crippen LogP contribution in [0.1, 0.15) is 15.9 Å². The summed E-state index contributed by atoms with van der Waals surface area (Å²) < 4.78 is 10.5. The zero-order chi connectivity index (χ0) is 21.3. The molecule has 0 aliphatic carbocycles. The topological polar surface area (TPSA) is 76.2 Å². The number of carbonyl (C=O) groups excluding carboxylic acids is 1. The number of fused-ring (bicyclic) bond motifs is 1. The molecule has 4 rings (SSSR count). The maximum atomic E-state index is 12.8. The SMILES string of the molecule is COc1cc(OC)cc(C(=O)Nc2cccc(-c3nc4cc(Cl)c(C)cc4[nH]3)c2)c1. The van der Waals surface area contributed by atoms with Crippen molar-refractivity contribution in [3.05, 3.63) is 70.7 Å². The average molecular weight is 422 g/mol. The molecule has 30 heavy (non-hydrogen) atoms. The van der Waals surface area contributed by atoms with Crippen molar-refractivity contribution < 1.29 is 14.3 Å². The molecule has 0 fully saturated rings. The van der Waals surface area contributed by atoms with E-state index >= 15 is 0 Å². The number of anilines is 1. The van der Waals surface area contributed by atoms with Crippen molar-refractivity contribution in [2.45, 2.75) is 6.92 Å². The number of benzene rings is 3. The van der Waals surface area contributed by atoms with E-state index in [1.165, 1.54) is 0 Å². The number of aromatic nitrogens is 2. The van der Waals surface area contributed by atoms with E-state index in [4.69, 9.17) is 21.1 Å². The number of H-pyrrole nitrogens is 1. The van der Waals surface area contributed by atoms with Gasteiger partial charge in [-0.1, -0.05) is 23.7 Å². The lowest BCUT2D eigenvalue weighted by Gasteiger charge is -2.10. The van der Waals surface area contributed by atoms with Gasteiger partial charge in [0.15, 0.2) is 0 Å². The highest BCUT2D eigenvalue weighted by molar-refractivity contribution is 6.32. The van der Waals surface area contributed by atoms with Crippen LogP contribution in [0.2, 0.25) is 5.02 Å². The zero-order valence-electron chi connectivity index (χ0n) is 16.7. The van der Waals surface area contributed by atoms with Gasteiger partial charge in [-0.25, -0.2) is 4.98 Å². The molecule has 1 amide bonds. The van der Waals surface area contributed by atoms with Crippen molar-refractivity contribution in [2.75, 3.05) is 19.5 Å². The third kappa shape index (κ3) is 3.95. The first-order valence-electron chi connectivity index (χ1n) is 9.27. The van der Waals surface area contributed by atoms with Crippen molar-refractivity contribution in [2.24, 2.45) is 0 Å². The number of imidazole rings is 1. The van der Waals surface area contributed by atoms with Gasteiger partial charge in [-0.2, -0.15) is 0 Å². The molecule has 0 spiro atoms. The lowest BCUT2D eigenvalue weighted by molar-refractivity contribution is 0.102. The second-order valence-electron chi connectivity index (χ2n) is 6.84. The molecule has 7 heteroatoms. The quantitative estimate of drug-likeness (QED) is 0.448.